The summed E-state index contributed by atoms with van der Waals surface area (Å²) in [6.45, 7) is 4.36. The van der Waals surface area contributed by atoms with Gasteiger partial charge in [0.05, 0.1) is 6.10 Å². The molecule has 1 atom stereocenters. The molecule has 0 spiro atoms. The average molecular weight is 282 g/mol. The smallest absolute Gasteiger partial charge is 0.0800 e. The number of unbranched alkanes of at least 4 members (excludes halogenated alkanes) is 8. The molecule has 0 aliphatic heterocycles. The fourth-order valence-corrected chi connectivity index (χ4v) is 3.30. The van der Waals surface area contributed by atoms with Crippen LogP contribution in [0.2, 0.25) is 0 Å². The van der Waals surface area contributed by atoms with Gasteiger partial charge in [-0.3, -0.25) is 0 Å². The molecule has 1 aromatic heterocycles. The van der Waals surface area contributed by atoms with Gasteiger partial charge in [-0.15, -0.1) is 11.3 Å². The SMILES string of the molecule is CCCCCCCCCCCC(O)c1ccsc1C. The molecule has 1 nitrogen and oxygen atoms in total. The maximum absolute atomic E-state index is 10.1. The van der Waals surface area contributed by atoms with E-state index in [1.165, 1.54) is 56.2 Å². The van der Waals surface area contributed by atoms with Gasteiger partial charge in [0.1, 0.15) is 0 Å². The summed E-state index contributed by atoms with van der Waals surface area (Å²) < 4.78 is 0. The maximum atomic E-state index is 10.1. The predicted molar refractivity (Wildman–Crippen MR) is 85.9 cm³/mol. The first-order chi connectivity index (χ1) is 9.25. The summed E-state index contributed by atoms with van der Waals surface area (Å²) in [4.78, 5) is 1.27. The van der Waals surface area contributed by atoms with Gasteiger partial charge in [0.25, 0.3) is 0 Å². The Kier molecular flexibility index (Phi) is 9.19. The van der Waals surface area contributed by atoms with Gasteiger partial charge in [0.2, 0.25) is 0 Å². The molecule has 19 heavy (non-hydrogen) atoms. The molecule has 0 fully saturated rings. The van der Waals surface area contributed by atoms with Crippen molar-refractivity contribution in [1.29, 1.82) is 0 Å². The second-order valence-corrected chi connectivity index (χ2v) is 6.69. The van der Waals surface area contributed by atoms with Gasteiger partial charge in [-0.2, -0.15) is 0 Å². The third-order valence-electron chi connectivity index (χ3n) is 3.84. The van der Waals surface area contributed by atoms with Crippen LogP contribution >= 0.6 is 11.3 Å². The van der Waals surface area contributed by atoms with Gasteiger partial charge in [-0.1, -0.05) is 64.7 Å². The third kappa shape index (κ3) is 7.12. The fraction of sp³-hybridized carbons (Fsp3) is 0.765. The molecule has 2 heteroatoms. The number of hydrogen-bond acceptors (Lipinski definition) is 2. The van der Waals surface area contributed by atoms with Crippen LogP contribution in [0.1, 0.15) is 87.7 Å². The number of aliphatic hydroxyl groups is 1. The maximum Gasteiger partial charge on any atom is 0.0800 e. The van der Waals surface area contributed by atoms with E-state index < -0.39 is 0 Å². The van der Waals surface area contributed by atoms with Crippen LogP contribution in [0.4, 0.5) is 0 Å². The molecule has 1 aromatic rings. The van der Waals surface area contributed by atoms with Gasteiger partial charge in [-0.25, -0.2) is 0 Å². The van der Waals surface area contributed by atoms with Gasteiger partial charge in [0.15, 0.2) is 0 Å². The van der Waals surface area contributed by atoms with Crippen molar-refractivity contribution in [3.05, 3.63) is 21.9 Å². The Labute approximate surface area is 123 Å². The minimum absolute atomic E-state index is 0.240. The van der Waals surface area contributed by atoms with Crippen molar-refractivity contribution in [1.82, 2.24) is 0 Å². The molecule has 0 saturated heterocycles. The summed E-state index contributed by atoms with van der Waals surface area (Å²) in [5.74, 6) is 0. The zero-order valence-corrected chi connectivity index (χ0v) is 13.5. The minimum atomic E-state index is -0.240. The number of rotatable bonds is 11. The highest BCUT2D eigenvalue weighted by molar-refractivity contribution is 7.10. The highest BCUT2D eigenvalue weighted by Crippen LogP contribution is 2.26. The zero-order chi connectivity index (χ0) is 13.9. The summed E-state index contributed by atoms with van der Waals surface area (Å²) in [6.07, 6.45) is 12.8. The number of thiophene rings is 1. The summed E-state index contributed by atoms with van der Waals surface area (Å²) in [5, 5.41) is 12.2. The highest BCUT2D eigenvalue weighted by atomic mass is 32.1. The molecule has 1 N–H and O–H groups in total. The molecule has 1 heterocycles. The van der Waals surface area contributed by atoms with Crippen LogP contribution in [0.5, 0.6) is 0 Å². The number of hydrogen-bond donors (Lipinski definition) is 1. The van der Waals surface area contributed by atoms with Crippen LogP contribution in [-0.2, 0) is 0 Å². The lowest BCUT2D eigenvalue weighted by Crippen LogP contribution is -1.97. The molecule has 0 aliphatic rings. The van der Waals surface area contributed by atoms with Gasteiger partial charge in [-0.05, 0) is 30.4 Å². The molecule has 0 radical (unpaired) electrons. The van der Waals surface area contributed by atoms with Crippen LogP contribution in [0, 0.1) is 6.92 Å². The normalized spacial score (nSPS) is 12.8. The number of aliphatic hydroxyl groups excluding tert-OH is 1. The van der Waals surface area contributed by atoms with Crippen molar-refractivity contribution >= 4 is 11.3 Å². The van der Waals surface area contributed by atoms with E-state index in [2.05, 4.69) is 25.3 Å². The molecule has 1 unspecified atom stereocenters. The van der Waals surface area contributed by atoms with Crippen LogP contribution in [-0.4, -0.2) is 5.11 Å². The molecular weight excluding hydrogens is 252 g/mol. The summed E-state index contributed by atoms with van der Waals surface area (Å²) in [5.41, 5.74) is 1.14. The molecule has 0 aliphatic carbocycles. The summed E-state index contributed by atoms with van der Waals surface area (Å²) in [6, 6.07) is 2.07. The lowest BCUT2D eigenvalue weighted by atomic mass is 10.0. The molecular formula is C17H30OS. The van der Waals surface area contributed by atoms with Crippen LogP contribution < -0.4 is 0 Å². The highest BCUT2D eigenvalue weighted by Gasteiger charge is 2.10. The topological polar surface area (TPSA) is 20.2 Å². The van der Waals surface area contributed by atoms with Gasteiger partial charge >= 0.3 is 0 Å². The van der Waals surface area contributed by atoms with E-state index in [0.29, 0.717) is 0 Å². The van der Waals surface area contributed by atoms with Crippen molar-refractivity contribution < 1.29 is 5.11 Å². The van der Waals surface area contributed by atoms with Crippen molar-refractivity contribution in [3.63, 3.8) is 0 Å². The predicted octanol–water partition coefficient (Wildman–Crippen LogP) is 6.01. The van der Waals surface area contributed by atoms with E-state index in [9.17, 15) is 5.11 Å². The Morgan fingerprint density at radius 3 is 2.11 bits per heavy atom. The van der Waals surface area contributed by atoms with E-state index in [1.54, 1.807) is 11.3 Å². The van der Waals surface area contributed by atoms with Crippen molar-refractivity contribution in [2.75, 3.05) is 0 Å². The van der Waals surface area contributed by atoms with Crippen LogP contribution in [0.15, 0.2) is 11.4 Å². The molecule has 0 saturated carbocycles. The van der Waals surface area contributed by atoms with E-state index in [4.69, 9.17) is 0 Å². The lowest BCUT2D eigenvalue weighted by Gasteiger charge is -2.10. The van der Waals surface area contributed by atoms with Crippen LogP contribution in [0.3, 0.4) is 0 Å². The van der Waals surface area contributed by atoms with Gasteiger partial charge in [0, 0.05) is 4.88 Å². The van der Waals surface area contributed by atoms with E-state index in [0.717, 1.165) is 18.4 Å². The molecule has 0 bridgehead atoms. The third-order valence-corrected chi connectivity index (χ3v) is 4.70. The Morgan fingerprint density at radius 1 is 1.00 bits per heavy atom. The van der Waals surface area contributed by atoms with Crippen LogP contribution in [0.25, 0.3) is 0 Å². The molecule has 1 rings (SSSR count). The first-order valence-electron chi connectivity index (χ1n) is 7.97. The zero-order valence-electron chi connectivity index (χ0n) is 12.7. The fourth-order valence-electron chi connectivity index (χ4n) is 2.54. The Hall–Kier alpha value is -0.340. The Balaban J connectivity index is 1.95. The van der Waals surface area contributed by atoms with Gasteiger partial charge < -0.3 is 5.11 Å². The summed E-state index contributed by atoms with van der Waals surface area (Å²) in [7, 11) is 0. The van der Waals surface area contributed by atoms with E-state index >= 15 is 0 Å². The first kappa shape index (κ1) is 16.7. The van der Waals surface area contributed by atoms with Crippen molar-refractivity contribution in [3.8, 4) is 0 Å². The van der Waals surface area contributed by atoms with E-state index in [1.807, 2.05) is 0 Å². The van der Waals surface area contributed by atoms with Crippen molar-refractivity contribution in [2.45, 2.75) is 84.2 Å². The molecule has 0 amide bonds. The second-order valence-electron chi connectivity index (χ2n) is 5.57. The summed E-state index contributed by atoms with van der Waals surface area (Å²) >= 11 is 1.73. The lowest BCUT2D eigenvalue weighted by molar-refractivity contribution is 0.163. The average Bonchev–Trinajstić information content (AvgIpc) is 2.83. The standard InChI is InChI=1S/C17H30OS/c1-3-4-5-6-7-8-9-10-11-12-17(18)16-13-14-19-15(16)2/h13-14,17-18H,3-12H2,1-2H3. The monoisotopic (exact) mass is 282 g/mol. The second kappa shape index (κ2) is 10.4. The number of aryl methyl sites for hydroxylation is 1. The quantitative estimate of drug-likeness (QED) is 0.493. The van der Waals surface area contributed by atoms with E-state index in [-0.39, 0.29) is 6.10 Å². The first-order valence-corrected chi connectivity index (χ1v) is 8.85. The Morgan fingerprint density at radius 2 is 1.58 bits per heavy atom. The molecule has 110 valence electrons. The van der Waals surface area contributed by atoms with Crippen molar-refractivity contribution in [2.24, 2.45) is 0 Å². The largest absolute Gasteiger partial charge is 0.388 e. The Bertz CT molecular complexity index is 319. The molecule has 0 aromatic carbocycles. The minimum Gasteiger partial charge on any atom is -0.388 e.